The molecule has 1 aliphatic heterocycles. The molecule has 0 aromatic heterocycles. The molecule has 0 saturated heterocycles. The molecule has 0 amide bonds. The molecule has 0 spiro atoms. The molecule has 0 radical (unpaired) electrons. The van der Waals surface area contributed by atoms with E-state index < -0.39 is 32.5 Å². The highest BCUT2D eigenvalue weighted by Gasteiger charge is 2.45. The molecule has 7 heteroatoms. The van der Waals surface area contributed by atoms with Crippen LogP contribution in [0.5, 0.6) is 0 Å². The monoisotopic (exact) mass is 381 g/mol. The number of rotatable bonds is 4. The largest absolute Gasteiger partial charge is 0.465 e. The first kappa shape index (κ1) is 20.3. The zero-order valence-electron chi connectivity index (χ0n) is 16.6. The lowest BCUT2D eigenvalue weighted by atomic mass is 9.84. The Bertz CT molecular complexity index is 897. The van der Waals surface area contributed by atoms with Crippen molar-refractivity contribution >= 4 is 15.9 Å². The van der Waals surface area contributed by atoms with E-state index in [1.54, 1.807) is 13.8 Å². The van der Waals surface area contributed by atoms with Gasteiger partial charge in [-0.25, -0.2) is 0 Å². The Labute approximate surface area is 155 Å². The van der Waals surface area contributed by atoms with Crippen molar-refractivity contribution in [2.75, 3.05) is 0 Å². The molecule has 0 fully saturated rings. The van der Waals surface area contributed by atoms with Gasteiger partial charge in [0.25, 0.3) is 0 Å². The van der Waals surface area contributed by atoms with Gasteiger partial charge in [0.05, 0.1) is 0 Å². The summed E-state index contributed by atoms with van der Waals surface area (Å²) in [6, 6.07) is 0. The van der Waals surface area contributed by atoms with Gasteiger partial charge in [-0.2, -0.15) is 8.42 Å². The number of hydrogen-bond donors (Lipinski definition) is 1. The fourth-order valence-corrected chi connectivity index (χ4v) is 4.58. The number of hydrogen-bond acceptors (Lipinski definition) is 6. The number of ether oxygens (including phenoxy) is 1. The number of Topliss-reactive ketones (excluding diaryl/α,β-unsaturated/α-hetero) is 1. The van der Waals surface area contributed by atoms with E-state index in [9.17, 15) is 13.2 Å². The van der Waals surface area contributed by atoms with Gasteiger partial charge < -0.3 is 14.7 Å². The zero-order valence-corrected chi connectivity index (χ0v) is 17.4. The summed E-state index contributed by atoms with van der Waals surface area (Å²) < 4.78 is 35.1. The van der Waals surface area contributed by atoms with Crippen molar-refractivity contribution in [3.8, 4) is 0 Å². The molecule has 26 heavy (non-hydrogen) atoms. The number of benzene rings is 1. The van der Waals surface area contributed by atoms with Crippen LogP contribution in [0.1, 0.15) is 54.2 Å². The first-order valence-corrected chi connectivity index (χ1v) is 9.87. The van der Waals surface area contributed by atoms with Crippen molar-refractivity contribution in [3.05, 3.63) is 45.0 Å². The van der Waals surface area contributed by atoms with Crippen LogP contribution in [0.2, 0.25) is 0 Å². The summed E-state index contributed by atoms with van der Waals surface area (Å²) in [6.07, 6.45) is -0.851. The van der Waals surface area contributed by atoms with Gasteiger partial charge in [-0.3, -0.25) is 4.79 Å². The molecule has 1 heterocycles. The molecule has 144 valence electrons. The second kappa shape index (κ2) is 6.30. The fourth-order valence-electron chi connectivity index (χ4n) is 3.43. The van der Waals surface area contributed by atoms with Gasteiger partial charge >= 0.3 is 10.1 Å². The third-order valence-corrected chi connectivity index (χ3v) is 7.38. The first-order valence-electron chi connectivity index (χ1n) is 8.46. The summed E-state index contributed by atoms with van der Waals surface area (Å²) >= 11 is 0. The second-order valence-electron chi connectivity index (χ2n) is 7.37. The Hall–Kier alpha value is -2.02. The highest BCUT2D eigenvalue weighted by molar-refractivity contribution is 7.87. The summed E-state index contributed by atoms with van der Waals surface area (Å²) in [5.41, 5.74) is 11.3. The third kappa shape index (κ3) is 2.88. The number of carbonyl (C=O) groups excluding carboxylic acids is 1. The van der Waals surface area contributed by atoms with Crippen LogP contribution < -0.4 is 5.73 Å². The maximum Gasteiger partial charge on any atom is 0.319 e. The minimum atomic E-state index is -4.22. The lowest BCUT2D eigenvalue weighted by Crippen LogP contribution is -2.34. The molecule has 1 aliphatic rings. The lowest BCUT2D eigenvalue weighted by molar-refractivity contribution is -0.122. The Balaban J connectivity index is 2.61. The molecule has 2 rings (SSSR count). The standard InChI is InChI=1S/C19H27NO5S/c1-9-10(2)12(4)15(13(5)11(9)3)19(7,8)26(22,23)25-17-16(21)14(6)24-18(17)20/h14H,20H2,1-8H3. The molecule has 2 N–H and O–H groups in total. The molecular formula is C19H27NO5S. The van der Waals surface area contributed by atoms with E-state index in [0.717, 1.165) is 27.8 Å². The predicted octanol–water partition coefficient (Wildman–Crippen LogP) is 2.93. The average molecular weight is 381 g/mol. The third-order valence-electron chi connectivity index (χ3n) is 5.54. The Morgan fingerprint density at radius 1 is 0.962 bits per heavy atom. The van der Waals surface area contributed by atoms with Gasteiger partial charge in [0.2, 0.25) is 17.4 Å². The highest BCUT2D eigenvalue weighted by atomic mass is 32.2. The minimum Gasteiger partial charge on any atom is -0.465 e. The first-order chi connectivity index (χ1) is 11.7. The molecule has 0 bridgehead atoms. The quantitative estimate of drug-likeness (QED) is 0.806. The van der Waals surface area contributed by atoms with Crippen LogP contribution in [-0.4, -0.2) is 20.3 Å². The van der Waals surface area contributed by atoms with Gasteiger partial charge in [-0.15, -0.1) is 0 Å². The molecule has 0 saturated carbocycles. The van der Waals surface area contributed by atoms with Crippen molar-refractivity contribution in [1.82, 2.24) is 0 Å². The average Bonchev–Trinajstić information content (AvgIpc) is 2.77. The normalized spacial score (nSPS) is 18.3. The van der Waals surface area contributed by atoms with E-state index in [2.05, 4.69) is 0 Å². The second-order valence-corrected chi connectivity index (χ2v) is 9.46. The van der Waals surface area contributed by atoms with Crippen molar-refractivity contribution in [1.29, 1.82) is 0 Å². The van der Waals surface area contributed by atoms with E-state index in [1.807, 2.05) is 34.6 Å². The smallest absolute Gasteiger partial charge is 0.319 e. The summed E-state index contributed by atoms with van der Waals surface area (Å²) in [5.74, 6) is -1.32. The van der Waals surface area contributed by atoms with Gasteiger partial charge in [0, 0.05) is 0 Å². The molecule has 1 unspecified atom stereocenters. The molecule has 1 aromatic rings. The van der Waals surface area contributed by atoms with Gasteiger partial charge in [0.15, 0.2) is 6.10 Å². The van der Waals surface area contributed by atoms with Crippen molar-refractivity contribution in [3.63, 3.8) is 0 Å². The van der Waals surface area contributed by atoms with Crippen LogP contribution in [0.4, 0.5) is 0 Å². The number of carbonyl (C=O) groups is 1. The summed E-state index contributed by atoms with van der Waals surface area (Å²) in [5, 5.41) is 0. The fraction of sp³-hybridized carbons (Fsp3) is 0.526. The Morgan fingerprint density at radius 2 is 1.38 bits per heavy atom. The topological polar surface area (TPSA) is 95.7 Å². The van der Waals surface area contributed by atoms with E-state index >= 15 is 0 Å². The summed E-state index contributed by atoms with van der Waals surface area (Å²) in [7, 11) is -4.22. The SMILES string of the molecule is Cc1c(C)c(C)c(C(C)(C)S(=O)(=O)OC2=C(N)OC(C)C2=O)c(C)c1C. The van der Waals surface area contributed by atoms with Crippen LogP contribution in [-0.2, 0) is 28.6 Å². The number of nitrogens with two attached hydrogens (primary N) is 1. The summed E-state index contributed by atoms with van der Waals surface area (Å²) in [6.45, 7) is 14.4. The minimum absolute atomic E-state index is 0.299. The maximum atomic E-state index is 13.1. The maximum absolute atomic E-state index is 13.1. The van der Waals surface area contributed by atoms with Crippen molar-refractivity contribution in [2.45, 2.75) is 66.2 Å². The van der Waals surface area contributed by atoms with E-state index in [1.165, 1.54) is 6.92 Å². The lowest BCUT2D eigenvalue weighted by Gasteiger charge is -2.30. The molecule has 6 nitrogen and oxygen atoms in total. The Morgan fingerprint density at radius 3 is 1.77 bits per heavy atom. The molecular weight excluding hydrogens is 354 g/mol. The van der Waals surface area contributed by atoms with Crippen molar-refractivity contribution < 1.29 is 22.1 Å². The summed E-state index contributed by atoms with van der Waals surface area (Å²) in [4.78, 5) is 12.1. The zero-order chi connectivity index (χ0) is 20.2. The van der Waals surface area contributed by atoms with Crippen LogP contribution in [0.15, 0.2) is 11.6 Å². The number of ketones is 1. The van der Waals surface area contributed by atoms with Gasteiger partial charge in [-0.05, 0) is 88.8 Å². The molecule has 0 aliphatic carbocycles. The molecule has 1 atom stereocenters. The predicted molar refractivity (Wildman–Crippen MR) is 99.9 cm³/mol. The van der Waals surface area contributed by atoms with Gasteiger partial charge in [-0.1, -0.05) is 0 Å². The van der Waals surface area contributed by atoms with Crippen LogP contribution in [0.3, 0.4) is 0 Å². The van der Waals surface area contributed by atoms with Crippen LogP contribution >= 0.6 is 0 Å². The van der Waals surface area contributed by atoms with Crippen LogP contribution in [0, 0.1) is 34.6 Å². The molecule has 1 aromatic carbocycles. The highest BCUT2D eigenvalue weighted by Crippen LogP contribution is 2.40. The van der Waals surface area contributed by atoms with Gasteiger partial charge in [0.1, 0.15) is 4.75 Å². The van der Waals surface area contributed by atoms with E-state index in [4.69, 9.17) is 14.7 Å². The van der Waals surface area contributed by atoms with E-state index in [0.29, 0.717) is 5.56 Å². The van der Waals surface area contributed by atoms with E-state index in [-0.39, 0.29) is 5.88 Å². The van der Waals surface area contributed by atoms with Crippen molar-refractivity contribution in [2.24, 2.45) is 5.73 Å². The Kier molecular flexibility index (Phi) is 4.92. The van der Waals surface area contributed by atoms with Crippen LogP contribution in [0.25, 0.3) is 0 Å².